The maximum atomic E-state index is 10.2. The van der Waals surface area contributed by atoms with E-state index in [1.54, 1.807) is 11.3 Å². The number of hydrogen-bond donors (Lipinski definition) is 0. The van der Waals surface area contributed by atoms with E-state index >= 15 is 0 Å². The van der Waals surface area contributed by atoms with Gasteiger partial charge in [0, 0.05) is 70.1 Å². The molecule has 522 valence electrons. The fourth-order valence-electron chi connectivity index (χ4n) is 16.6. The minimum absolute atomic E-state index is 0.497. The molecule has 2 aliphatic rings. The van der Waals surface area contributed by atoms with Gasteiger partial charge in [0.2, 0.25) is 0 Å². The SMILES string of the molecule is N#Cc1ccccc1-c1ccc2c3c(ccc(-c4ccc5cc(-c6nc(-c7ccccc7)nc(-c7ccc(-c8ccccc8)cc7)n6)ccc5c4)c13)-c1ccccc1-2.N#Cc1ccccc1-c1ccc2c3c(ccc(-c4cccc(-c5nc(-c6ccccc6)nc(-c6cccc7c6sc6ccccc67)n5)n4)c13)-c1ccccc1-2. The summed E-state index contributed by atoms with van der Waals surface area (Å²) in [4.78, 5) is 35.6. The van der Waals surface area contributed by atoms with E-state index < -0.39 is 0 Å². The molecule has 4 aromatic heterocycles. The molecule has 0 saturated carbocycles. The topological polar surface area (TPSA) is 138 Å². The van der Waals surface area contributed by atoms with Gasteiger partial charge in [-0.15, -0.1) is 11.3 Å². The Balaban J connectivity index is 0.000000142. The minimum Gasteiger partial charge on any atom is -0.244 e. The molecule has 0 bridgehead atoms. The Bertz CT molecular complexity index is 7330. The van der Waals surface area contributed by atoms with Gasteiger partial charge in [-0.05, 0) is 153 Å². The van der Waals surface area contributed by atoms with Crippen molar-refractivity contribution < 1.29 is 0 Å². The van der Waals surface area contributed by atoms with Crippen LogP contribution in [0.3, 0.4) is 0 Å². The summed E-state index contributed by atoms with van der Waals surface area (Å²) in [5, 5.41) is 29.6. The molecule has 2 aliphatic carbocycles. The fourth-order valence-corrected chi connectivity index (χ4v) is 17.8. The molecule has 16 aromatic carbocycles. The summed E-state index contributed by atoms with van der Waals surface area (Å²) >= 11 is 1.76. The molecule has 0 unspecified atom stereocenters. The molecule has 9 nitrogen and oxygen atoms in total. The minimum atomic E-state index is 0.497. The molecule has 0 atom stereocenters. The first-order valence-electron chi connectivity index (χ1n) is 37.5. The molecule has 0 fully saturated rings. The van der Waals surface area contributed by atoms with Crippen molar-refractivity contribution in [3.63, 3.8) is 0 Å². The number of benzene rings is 16. The van der Waals surface area contributed by atoms with Crippen LogP contribution in [0.15, 0.2) is 358 Å². The monoisotopic (exact) mass is 1450 g/mol. The van der Waals surface area contributed by atoms with E-state index in [4.69, 9.17) is 34.9 Å². The van der Waals surface area contributed by atoms with E-state index in [9.17, 15) is 10.5 Å². The highest BCUT2D eigenvalue weighted by molar-refractivity contribution is 7.26. The molecule has 20 aromatic rings. The Hall–Kier alpha value is -15.3. The number of hydrogen-bond acceptors (Lipinski definition) is 10. The highest BCUT2D eigenvalue weighted by atomic mass is 32.1. The second-order valence-electron chi connectivity index (χ2n) is 28.3. The van der Waals surface area contributed by atoms with Crippen LogP contribution in [-0.2, 0) is 0 Å². The summed E-state index contributed by atoms with van der Waals surface area (Å²) in [7, 11) is 0. The smallest absolute Gasteiger partial charge is 0.182 e. The number of pyridine rings is 1. The number of nitrogens with zero attached hydrogens (tertiary/aromatic N) is 9. The van der Waals surface area contributed by atoms with E-state index in [1.165, 1.54) is 76.3 Å². The van der Waals surface area contributed by atoms with Crippen LogP contribution < -0.4 is 0 Å². The number of aromatic nitrogens is 7. The average Bonchev–Trinajstić information content (AvgIpc) is 1.59. The summed E-state index contributed by atoms with van der Waals surface area (Å²) in [6.07, 6.45) is 0. The summed E-state index contributed by atoms with van der Waals surface area (Å²) in [6, 6.07) is 128. The Morgan fingerprint density at radius 3 is 1.11 bits per heavy atom. The van der Waals surface area contributed by atoms with Crippen molar-refractivity contribution in [3.05, 3.63) is 369 Å². The quantitative estimate of drug-likeness (QED) is 0.124. The summed E-state index contributed by atoms with van der Waals surface area (Å²) in [5.74, 6) is 3.57. The van der Waals surface area contributed by atoms with Crippen LogP contribution in [0.25, 0.3) is 221 Å². The van der Waals surface area contributed by atoms with Gasteiger partial charge >= 0.3 is 0 Å². The van der Waals surface area contributed by atoms with Crippen LogP contribution in [0, 0.1) is 22.7 Å². The second-order valence-corrected chi connectivity index (χ2v) is 29.4. The first-order chi connectivity index (χ1) is 55.9. The molecule has 4 heterocycles. The van der Waals surface area contributed by atoms with Gasteiger partial charge in [-0.2, -0.15) is 10.5 Å². The Kier molecular flexibility index (Phi) is 16.0. The lowest BCUT2D eigenvalue weighted by atomic mass is 9.87. The third-order valence-corrected chi connectivity index (χ3v) is 23.1. The van der Waals surface area contributed by atoms with Crippen molar-refractivity contribution in [1.29, 1.82) is 10.5 Å². The zero-order valence-corrected chi connectivity index (χ0v) is 61.3. The Labute approximate surface area is 654 Å². The van der Waals surface area contributed by atoms with Crippen molar-refractivity contribution in [2.24, 2.45) is 0 Å². The van der Waals surface area contributed by atoms with Gasteiger partial charge in [0.1, 0.15) is 5.69 Å². The normalized spacial score (nSPS) is 11.5. The molecule has 0 amide bonds. The maximum Gasteiger partial charge on any atom is 0.182 e. The molecule has 0 aliphatic heterocycles. The van der Waals surface area contributed by atoms with Crippen molar-refractivity contribution in [2.75, 3.05) is 0 Å². The van der Waals surface area contributed by atoms with E-state index in [-0.39, 0.29) is 0 Å². The third kappa shape index (κ3) is 11.4. The van der Waals surface area contributed by atoms with Crippen molar-refractivity contribution >= 4 is 63.8 Å². The number of rotatable bonds is 11. The molecular formula is C103H59N9S. The van der Waals surface area contributed by atoms with Gasteiger partial charge in [0.25, 0.3) is 0 Å². The Morgan fingerprint density at radius 1 is 0.204 bits per heavy atom. The van der Waals surface area contributed by atoms with Crippen molar-refractivity contribution in [1.82, 2.24) is 34.9 Å². The largest absolute Gasteiger partial charge is 0.244 e. The van der Waals surface area contributed by atoms with E-state index in [2.05, 4.69) is 243 Å². The lowest BCUT2D eigenvalue weighted by Gasteiger charge is -2.16. The molecule has 0 N–H and O–H groups in total. The highest BCUT2D eigenvalue weighted by Gasteiger charge is 2.29. The fraction of sp³-hybridized carbons (Fsp3) is 0. The molecule has 113 heavy (non-hydrogen) atoms. The van der Waals surface area contributed by atoms with Crippen LogP contribution in [0.5, 0.6) is 0 Å². The van der Waals surface area contributed by atoms with Crippen LogP contribution >= 0.6 is 11.3 Å². The maximum absolute atomic E-state index is 10.2. The molecule has 10 heteroatoms. The number of thiophene rings is 1. The predicted octanol–water partition coefficient (Wildman–Crippen LogP) is 26.3. The first-order valence-corrected chi connectivity index (χ1v) is 38.3. The van der Waals surface area contributed by atoms with E-state index in [0.29, 0.717) is 51.8 Å². The average molecular weight is 1450 g/mol. The molecule has 22 rings (SSSR count). The van der Waals surface area contributed by atoms with Gasteiger partial charge in [0.15, 0.2) is 34.9 Å². The molecular weight excluding hydrogens is 1400 g/mol. The summed E-state index contributed by atoms with van der Waals surface area (Å²) in [5.41, 5.74) is 26.5. The van der Waals surface area contributed by atoms with Crippen molar-refractivity contribution in [2.45, 2.75) is 0 Å². The van der Waals surface area contributed by atoms with Crippen LogP contribution in [0.2, 0.25) is 0 Å². The van der Waals surface area contributed by atoms with Gasteiger partial charge < -0.3 is 0 Å². The summed E-state index contributed by atoms with van der Waals surface area (Å²) in [6.45, 7) is 0. The van der Waals surface area contributed by atoms with Crippen LogP contribution in [0.4, 0.5) is 0 Å². The lowest BCUT2D eigenvalue weighted by Crippen LogP contribution is -2.01. The lowest BCUT2D eigenvalue weighted by molar-refractivity contribution is 1.06. The number of fused-ring (bicyclic) bond motifs is 10. The molecule has 0 spiro atoms. The molecule has 0 radical (unpaired) electrons. The van der Waals surface area contributed by atoms with E-state index in [0.717, 1.165) is 104 Å². The van der Waals surface area contributed by atoms with Crippen molar-refractivity contribution in [3.8, 4) is 181 Å². The van der Waals surface area contributed by atoms with Gasteiger partial charge in [0.05, 0.1) is 29.0 Å². The highest BCUT2D eigenvalue weighted by Crippen LogP contribution is 2.55. The zero-order chi connectivity index (χ0) is 75.0. The first kappa shape index (κ1) is 65.9. The van der Waals surface area contributed by atoms with E-state index in [1.807, 2.05) is 127 Å². The van der Waals surface area contributed by atoms with Gasteiger partial charge in [-0.1, -0.05) is 309 Å². The third-order valence-electron chi connectivity index (χ3n) is 21.9. The van der Waals surface area contributed by atoms with Crippen LogP contribution in [0.1, 0.15) is 11.1 Å². The zero-order valence-electron chi connectivity index (χ0n) is 60.5. The van der Waals surface area contributed by atoms with Gasteiger partial charge in [-0.3, -0.25) is 0 Å². The summed E-state index contributed by atoms with van der Waals surface area (Å²) < 4.78 is 2.36. The predicted molar refractivity (Wildman–Crippen MR) is 461 cm³/mol. The van der Waals surface area contributed by atoms with Gasteiger partial charge in [-0.25, -0.2) is 34.9 Å². The Morgan fingerprint density at radius 2 is 0.549 bits per heavy atom. The number of nitriles is 2. The second kappa shape index (κ2) is 27.4. The standard InChI is InChI=1S/C54H32N4.C49H27N5S/c55-33-42-15-7-8-16-43(42)47-29-30-49-46-18-10-9-17-45(46)48-28-27-44(50(47)51(48)49)40-25-23-39-32-41(26-24-38(39)31-40)54-57-52(36-13-5-2-6-14-36)56-53(58-54)37-21-19-35(20-22-37)34-11-3-1-4-12-34;50-28-30-14-4-5-15-31(30)35-24-25-36-32-16-6-7-17-33(32)37-26-27-39(45(35)44(36)37)41-21-11-22-42(51-41)49-53-47(29-12-2-1-3-13-29)52-48(54-49)40-20-10-19-38-34-18-8-9-23-43(34)55-46(38)40/h1-32H;1-27H. The molecule has 0 saturated heterocycles. The van der Waals surface area contributed by atoms with Crippen LogP contribution in [-0.4, -0.2) is 34.9 Å².